The third-order valence-corrected chi connectivity index (χ3v) is 5.08. The van der Waals surface area contributed by atoms with E-state index >= 15 is 0 Å². The van der Waals surface area contributed by atoms with E-state index in [0.29, 0.717) is 11.3 Å². The Morgan fingerprint density at radius 2 is 1.61 bits per heavy atom. The SMILES string of the molecule is O=C(C=Cc1ccc(C(=O)N2CCCCC2)cc1)c1ccc2ccccc2n1. The number of fused-ring (bicyclic) bond motifs is 1. The van der Waals surface area contributed by atoms with Crippen molar-refractivity contribution in [1.29, 1.82) is 0 Å². The number of allylic oxidation sites excluding steroid dienone is 1. The molecule has 28 heavy (non-hydrogen) atoms. The van der Waals surface area contributed by atoms with Crippen molar-refractivity contribution < 1.29 is 9.59 Å². The summed E-state index contributed by atoms with van der Waals surface area (Å²) in [5.74, 6) is -0.0501. The summed E-state index contributed by atoms with van der Waals surface area (Å²) >= 11 is 0. The molecule has 0 aliphatic carbocycles. The molecule has 4 heteroatoms. The van der Waals surface area contributed by atoms with Gasteiger partial charge in [-0.05, 0) is 55.2 Å². The van der Waals surface area contributed by atoms with Gasteiger partial charge in [0.25, 0.3) is 5.91 Å². The molecule has 1 amide bonds. The topological polar surface area (TPSA) is 50.3 Å². The molecule has 0 saturated carbocycles. The average Bonchev–Trinajstić information content (AvgIpc) is 2.77. The monoisotopic (exact) mass is 370 g/mol. The predicted octanol–water partition coefficient (Wildman–Crippen LogP) is 4.76. The van der Waals surface area contributed by atoms with Crippen LogP contribution in [0.25, 0.3) is 17.0 Å². The lowest BCUT2D eigenvalue weighted by Crippen LogP contribution is -2.35. The van der Waals surface area contributed by atoms with Gasteiger partial charge in [-0.3, -0.25) is 9.59 Å². The highest BCUT2D eigenvalue weighted by atomic mass is 16.2. The van der Waals surface area contributed by atoms with Crippen molar-refractivity contribution in [2.24, 2.45) is 0 Å². The Hall–Kier alpha value is -3.27. The zero-order chi connectivity index (χ0) is 19.3. The van der Waals surface area contributed by atoms with Crippen LogP contribution in [-0.2, 0) is 0 Å². The van der Waals surface area contributed by atoms with Crippen molar-refractivity contribution in [3.63, 3.8) is 0 Å². The van der Waals surface area contributed by atoms with E-state index in [1.54, 1.807) is 12.1 Å². The standard InChI is InChI=1S/C24H22N2O2/c27-23(22-14-13-19-6-2-3-7-21(19)25-22)15-10-18-8-11-20(12-9-18)24(28)26-16-4-1-5-17-26/h2-3,6-15H,1,4-5,16-17H2. The van der Waals surface area contributed by atoms with Gasteiger partial charge in [0.05, 0.1) is 5.52 Å². The Labute approximate surface area is 164 Å². The number of pyridine rings is 1. The zero-order valence-electron chi connectivity index (χ0n) is 15.7. The maximum atomic E-state index is 12.5. The first-order valence-electron chi connectivity index (χ1n) is 9.68. The molecule has 1 aromatic heterocycles. The second kappa shape index (κ2) is 8.17. The van der Waals surface area contributed by atoms with Gasteiger partial charge >= 0.3 is 0 Å². The van der Waals surface area contributed by atoms with E-state index < -0.39 is 0 Å². The van der Waals surface area contributed by atoms with Gasteiger partial charge in [0, 0.05) is 24.0 Å². The number of hydrogen-bond acceptors (Lipinski definition) is 3. The minimum absolute atomic E-state index is 0.0895. The fourth-order valence-corrected chi connectivity index (χ4v) is 3.48. The summed E-state index contributed by atoms with van der Waals surface area (Å²) in [6.45, 7) is 1.68. The van der Waals surface area contributed by atoms with Gasteiger partial charge in [-0.1, -0.05) is 42.5 Å². The van der Waals surface area contributed by atoms with Crippen LogP contribution in [0.4, 0.5) is 0 Å². The largest absolute Gasteiger partial charge is 0.339 e. The van der Waals surface area contributed by atoms with Crippen molar-refractivity contribution >= 4 is 28.7 Å². The van der Waals surface area contributed by atoms with Crippen LogP contribution in [0.1, 0.15) is 45.7 Å². The zero-order valence-corrected chi connectivity index (χ0v) is 15.7. The van der Waals surface area contributed by atoms with Crippen LogP contribution < -0.4 is 0 Å². The molecule has 1 fully saturated rings. The first-order valence-corrected chi connectivity index (χ1v) is 9.68. The van der Waals surface area contributed by atoms with Crippen molar-refractivity contribution in [1.82, 2.24) is 9.88 Å². The molecule has 1 aliphatic rings. The number of nitrogens with zero attached hydrogens (tertiary/aromatic N) is 2. The van der Waals surface area contributed by atoms with Gasteiger partial charge in [-0.15, -0.1) is 0 Å². The summed E-state index contributed by atoms with van der Waals surface area (Å²) < 4.78 is 0. The summed E-state index contributed by atoms with van der Waals surface area (Å²) in [6.07, 6.45) is 6.65. The average molecular weight is 370 g/mol. The Morgan fingerprint density at radius 3 is 2.39 bits per heavy atom. The number of para-hydroxylation sites is 1. The molecule has 0 atom stereocenters. The second-order valence-electron chi connectivity index (χ2n) is 7.06. The van der Waals surface area contributed by atoms with E-state index in [1.807, 2.05) is 59.5 Å². The van der Waals surface area contributed by atoms with Gasteiger partial charge in [0.15, 0.2) is 0 Å². The highest BCUT2D eigenvalue weighted by Crippen LogP contribution is 2.15. The van der Waals surface area contributed by atoms with Crippen LogP contribution in [0, 0.1) is 0 Å². The number of rotatable bonds is 4. The van der Waals surface area contributed by atoms with Crippen LogP contribution in [0.2, 0.25) is 0 Å². The number of carbonyl (C=O) groups is 2. The van der Waals surface area contributed by atoms with Crippen LogP contribution >= 0.6 is 0 Å². The van der Waals surface area contributed by atoms with E-state index in [9.17, 15) is 9.59 Å². The maximum Gasteiger partial charge on any atom is 0.253 e. The number of hydrogen-bond donors (Lipinski definition) is 0. The number of ketones is 1. The minimum Gasteiger partial charge on any atom is -0.339 e. The fraction of sp³-hybridized carbons (Fsp3) is 0.208. The summed E-state index contributed by atoms with van der Waals surface area (Å²) in [5.41, 5.74) is 2.81. The molecule has 4 rings (SSSR count). The molecular formula is C24H22N2O2. The smallest absolute Gasteiger partial charge is 0.253 e. The third kappa shape index (κ3) is 4.01. The first-order chi connectivity index (χ1) is 13.7. The van der Waals surface area contributed by atoms with E-state index in [-0.39, 0.29) is 11.7 Å². The second-order valence-corrected chi connectivity index (χ2v) is 7.06. The van der Waals surface area contributed by atoms with Crippen molar-refractivity contribution in [2.75, 3.05) is 13.1 Å². The lowest BCUT2D eigenvalue weighted by molar-refractivity contribution is 0.0724. The van der Waals surface area contributed by atoms with E-state index in [4.69, 9.17) is 0 Å². The lowest BCUT2D eigenvalue weighted by atomic mass is 10.1. The van der Waals surface area contributed by atoms with Crippen LogP contribution in [0.5, 0.6) is 0 Å². The maximum absolute atomic E-state index is 12.5. The third-order valence-electron chi connectivity index (χ3n) is 5.08. The van der Waals surface area contributed by atoms with Crippen LogP contribution in [0.15, 0.2) is 66.7 Å². The molecule has 140 valence electrons. The Morgan fingerprint density at radius 1 is 0.857 bits per heavy atom. The highest BCUT2D eigenvalue weighted by molar-refractivity contribution is 6.06. The minimum atomic E-state index is -0.140. The van der Waals surface area contributed by atoms with Crippen LogP contribution in [-0.4, -0.2) is 34.7 Å². The molecule has 2 heterocycles. The number of aromatic nitrogens is 1. The van der Waals surface area contributed by atoms with Gasteiger partial charge in [-0.25, -0.2) is 4.98 Å². The van der Waals surface area contributed by atoms with Gasteiger partial charge < -0.3 is 4.90 Å². The summed E-state index contributed by atoms with van der Waals surface area (Å²) in [7, 11) is 0. The molecule has 0 spiro atoms. The molecule has 0 bridgehead atoms. The highest BCUT2D eigenvalue weighted by Gasteiger charge is 2.17. The summed E-state index contributed by atoms with van der Waals surface area (Å²) in [5, 5.41) is 1.01. The fourth-order valence-electron chi connectivity index (χ4n) is 3.48. The molecular weight excluding hydrogens is 348 g/mol. The van der Waals surface area contributed by atoms with E-state index in [2.05, 4.69) is 4.98 Å². The molecule has 1 saturated heterocycles. The van der Waals surface area contributed by atoms with Crippen molar-refractivity contribution in [3.05, 3.63) is 83.6 Å². The Kier molecular flexibility index (Phi) is 5.29. The predicted molar refractivity (Wildman–Crippen MR) is 111 cm³/mol. The molecule has 0 N–H and O–H groups in total. The Bertz CT molecular complexity index is 1030. The number of carbonyl (C=O) groups excluding carboxylic acids is 2. The molecule has 2 aromatic carbocycles. The van der Waals surface area contributed by atoms with Crippen LogP contribution in [0.3, 0.4) is 0 Å². The molecule has 0 unspecified atom stereocenters. The number of benzene rings is 2. The Balaban J connectivity index is 1.44. The number of likely N-dealkylation sites (tertiary alicyclic amines) is 1. The van der Waals surface area contributed by atoms with Crippen molar-refractivity contribution in [2.45, 2.75) is 19.3 Å². The van der Waals surface area contributed by atoms with Gasteiger partial charge in [-0.2, -0.15) is 0 Å². The molecule has 3 aromatic rings. The molecule has 0 radical (unpaired) electrons. The van der Waals surface area contributed by atoms with E-state index in [1.165, 1.54) is 12.5 Å². The molecule has 4 nitrogen and oxygen atoms in total. The first kappa shape index (κ1) is 18.1. The van der Waals surface area contributed by atoms with E-state index in [0.717, 1.165) is 42.4 Å². The lowest BCUT2D eigenvalue weighted by Gasteiger charge is -2.26. The summed E-state index contributed by atoms with van der Waals surface area (Å²) in [6, 6.07) is 18.8. The number of amides is 1. The van der Waals surface area contributed by atoms with Gasteiger partial charge in [0.2, 0.25) is 5.78 Å². The molecule has 1 aliphatic heterocycles. The quantitative estimate of drug-likeness (QED) is 0.492. The van der Waals surface area contributed by atoms with Crippen molar-refractivity contribution in [3.8, 4) is 0 Å². The normalized spacial score (nSPS) is 14.5. The number of piperidine rings is 1. The summed E-state index contributed by atoms with van der Waals surface area (Å²) in [4.78, 5) is 31.3. The van der Waals surface area contributed by atoms with Gasteiger partial charge in [0.1, 0.15) is 5.69 Å².